The van der Waals surface area contributed by atoms with Crippen LogP contribution < -0.4 is 11.1 Å². The van der Waals surface area contributed by atoms with Gasteiger partial charge in [0.2, 0.25) is 0 Å². The molecular formula is C9H13ClN2S. The summed E-state index contributed by atoms with van der Waals surface area (Å²) in [6.45, 7) is 0.925. The van der Waals surface area contributed by atoms with Gasteiger partial charge in [0, 0.05) is 23.5 Å². The summed E-state index contributed by atoms with van der Waals surface area (Å²) in [4.78, 5) is 1.30. The van der Waals surface area contributed by atoms with Crippen molar-refractivity contribution in [1.29, 1.82) is 0 Å². The maximum absolute atomic E-state index is 5.82. The molecule has 1 saturated carbocycles. The zero-order chi connectivity index (χ0) is 9.26. The number of nitrogens with two attached hydrogens (primary N) is 1. The van der Waals surface area contributed by atoms with Crippen molar-refractivity contribution in [3.05, 3.63) is 21.3 Å². The molecule has 1 aromatic rings. The van der Waals surface area contributed by atoms with Gasteiger partial charge >= 0.3 is 0 Å². The molecule has 3 N–H and O–H groups in total. The summed E-state index contributed by atoms with van der Waals surface area (Å²) in [7, 11) is 0. The van der Waals surface area contributed by atoms with E-state index in [1.165, 1.54) is 4.88 Å². The van der Waals surface area contributed by atoms with E-state index >= 15 is 0 Å². The smallest absolute Gasteiger partial charge is 0.0931 e. The van der Waals surface area contributed by atoms with Crippen LogP contribution in [0.25, 0.3) is 0 Å². The second-order valence-corrected chi connectivity index (χ2v) is 5.31. The van der Waals surface area contributed by atoms with Crippen LogP contribution in [0.4, 0.5) is 0 Å². The number of hydrogen-bond acceptors (Lipinski definition) is 3. The molecule has 2 rings (SSSR count). The highest BCUT2D eigenvalue weighted by Gasteiger charge is 2.24. The van der Waals surface area contributed by atoms with Crippen LogP contribution in [0.15, 0.2) is 12.1 Å². The lowest BCUT2D eigenvalue weighted by molar-refractivity contribution is 0.291. The van der Waals surface area contributed by atoms with Crippen molar-refractivity contribution in [3.8, 4) is 0 Å². The van der Waals surface area contributed by atoms with Gasteiger partial charge in [-0.05, 0) is 25.0 Å². The Bertz CT molecular complexity index is 281. The third kappa shape index (κ3) is 2.44. The maximum atomic E-state index is 5.82. The second-order valence-electron chi connectivity index (χ2n) is 3.52. The van der Waals surface area contributed by atoms with E-state index in [2.05, 4.69) is 11.4 Å². The fraction of sp³-hybridized carbons (Fsp3) is 0.556. The average Bonchev–Trinajstić information content (AvgIpc) is 2.43. The summed E-state index contributed by atoms with van der Waals surface area (Å²) in [6.07, 6.45) is 2.22. The lowest BCUT2D eigenvalue weighted by atomic mass is 9.88. The predicted molar refractivity (Wildman–Crippen MR) is 57.2 cm³/mol. The Kier molecular flexibility index (Phi) is 2.89. The minimum atomic E-state index is 0.421. The van der Waals surface area contributed by atoms with Crippen LogP contribution in [0.1, 0.15) is 17.7 Å². The molecule has 0 radical (unpaired) electrons. The van der Waals surface area contributed by atoms with Crippen LogP contribution in [-0.2, 0) is 6.54 Å². The molecule has 0 unspecified atom stereocenters. The minimum Gasteiger partial charge on any atom is -0.328 e. The van der Waals surface area contributed by atoms with E-state index in [9.17, 15) is 0 Å². The zero-order valence-electron chi connectivity index (χ0n) is 7.29. The normalized spacial score (nSPS) is 27.2. The van der Waals surface area contributed by atoms with E-state index in [4.69, 9.17) is 17.3 Å². The molecule has 1 aliphatic rings. The van der Waals surface area contributed by atoms with Gasteiger partial charge in [-0.2, -0.15) is 0 Å². The van der Waals surface area contributed by atoms with Crippen LogP contribution >= 0.6 is 22.9 Å². The van der Waals surface area contributed by atoms with Crippen LogP contribution in [-0.4, -0.2) is 12.1 Å². The van der Waals surface area contributed by atoms with Crippen molar-refractivity contribution >= 4 is 22.9 Å². The highest BCUT2D eigenvalue weighted by Crippen LogP contribution is 2.23. The lowest BCUT2D eigenvalue weighted by Crippen LogP contribution is -2.47. The van der Waals surface area contributed by atoms with Gasteiger partial charge in [0.05, 0.1) is 4.34 Å². The first-order valence-electron chi connectivity index (χ1n) is 4.47. The van der Waals surface area contributed by atoms with E-state index in [0.717, 1.165) is 23.7 Å². The van der Waals surface area contributed by atoms with Gasteiger partial charge in [-0.1, -0.05) is 11.6 Å². The molecule has 1 aromatic heterocycles. The van der Waals surface area contributed by atoms with Crippen molar-refractivity contribution in [2.24, 2.45) is 5.73 Å². The summed E-state index contributed by atoms with van der Waals surface area (Å²) < 4.78 is 0.863. The van der Waals surface area contributed by atoms with Crippen LogP contribution in [0.2, 0.25) is 4.34 Å². The average molecular weight is 217 g/mol. The molecule has 13 heavy (non-hydrogen) atoms. The molecule has 2 nitrogen and oxygen atoms in total. The minimum absolute atomic E-state index is 0.421. The monoisotopic (exact) mass is 216 g/mol. The Morgan fingerprint density at radius 3 is 2.85 bits per heavy atom. The Morgan fingerprint density at radius 1 is 1.54 bits per heavy atom. The fourth-order valence-corrected chi connectivity index (χ4v) is 2.56. The first-order valence-corrected chi connectivity index (χ1v) is 5.66. The van der Waals surface area contributed by atoms with Crippen molar-refractivity contribution in [2.45, 2.75) is 31.5 Å². The molecule has 1 fully saturated rings. The zero-order valence-corrected chi connectivity index (χ0v) is 8.87. The topological polar surface area (TPSA) is 38.0 Å². The van der Waals surface area contributed by atoms with Crippen molar-refractivity contribution in [1.82, 2.24) is 5.32 Å². The molecule has 0 spiro atoms. The van der Waals surface area contributed by atoms with Crippen LogP contribution in [0, 0.1) is 0 Å². The number of nitrogens with one attached hydrogen (secondary N) is 1. The molecular weight excluding hydrogens is 204 g/mol. The van der Waals surface area contributed by atoms with Crippen LogP contribution in [0.5, 0.6) is 0 Å². The largest absolute Gasteiger partial charge is 0.328 e. The van der Waals surface area contributed by atoms with E-state index in [0.29, 0.717) is 12.1 Å². The summed E-state index contributed by atoms with van der Waals surface area (Å²) in [5.74, 6) is 0. The SMILES string of the molecule is NC1CC(NCc2ccc(Cl)s2)C1. The first kappa shape index (κ1) is 9.46. The molecule has 0 aliphatic heterocycles. The van der Waals surface area contributed by atoms with Gasteiger partial charge in [-0.25, -0.2) is 0 Å². The van der Waals surface area contributed by atoms with E-state index < -0.39 is 0 Å². The highest BCUT2D eigenvalue weighted by molar-refractivity contribution is 7.16. The molecule has 0 amide bonds. The number of thiophene rings is 1. The van der Waals surface area contributed by atoms with E-state index in [-0.39, 0.29) is 0 Å². The van der Waals surface area contributed by atoms with Crippen LogP contribution in [0.3, 0.4) is 0 Å². The molecule has 0 bridgehead atoms. The van der Waals surface area contributed by atoms with E-state index in [1.54, 1.807) is 11.3 Å². The summed E-state index contributed by atoms with van der Waals surface area (Å²) in [5.41, 5.74) is 5.68. The molecule has 0 atom stereocenters. The van der Waals surface area contributed by atoms with Gasteiger partial charge < -0.3 is 11.1 Å². The number of halogens is 1. The third-order valence-electron chi connectivity index (χ3n) is 2.37. The Morgan fingerprint density at radius 2 is 2.31 bits per heavy atom. The number of rotatable bonds is 3. The Balaban J connectivity index is 1.74. The summed E-state index contributed by atoms with van der Waals surface area (Å²) in [6, 6.07) is 5.05. The molecule has 72 valence electrons. The van der Waals surface area contributed by atoms with Gasteiger partial charge in [0.1, 0.15) is 0 Å². The van der Waals surface area contributed by atoms with Crippen molar-refractivity contribution in [3.63, 3.8) is 0 Å². The predicted octanol–water partition coefficient (Wildman–Crippen LogP) is 1.98. The highest BCUT2D eigenvalue weighted by atomic mass is 35.5. The van der Waals surface area contributed by atoms with Gasteiger partial charge in [-0.15, -0.1) is 11.3 Å². The van der Waals surface area contributed by atoms with E-state index in [1.807, 2.05) is 6.07 Å². The molecule has 1 aliphatic carbocycles. The molecule has 0 saturated heterocycles. The second kappa shape index (κ2) is 3.96. The van der Waals surface area contributed by atoms with Gasteiger partial charge in [-0.3, -0.25) is 0 Å². The standard InChI is InChI=1S/C9H13ClN2S/c10-9-2-1-8(13-9)5-12-7-3-6(11)4-7/h1-2,6-7,12H,3-5,11H2. The van der Waals surface area contributed by atoms with Crippen molar-refractivity contribution in [2.75, 3.05) is 0 Å². The summed E-state index contributed by atoms with van der Waals surface area (Å²) >= 11 is 7.45. The fourth-order valence-electron chi connectivity index (χ4n) is 1.52. The number of hydrogen-bond donors (Lipinski definition) is 2. The third-order valence-corrected chi connectivity index (χ3v) is 3.60. The molecule has 1 heterocycles. The van der Waals surface area contributed by atoms with Gasteiger partial charge in [0.25, 0.3) is 0 Å². The molecule has 0 aromatic carbocycles. The summed E-state index contributed by atoms with van der Waals surface area (Å²) in [5, 5.41) is 3.45. The lowest BCUT2D eigenvalue weighted by Gasteiger charge is -2.33. The maximum Gasteiger partial charge on any atom is 0.0931 e. The Labute approximate surface area is 87.1 Å². The quantitative estimate of drug-likeness (QED) is 0.811. The van der Waals surface area contributed by atoms with Crippen molar-refractivity contribution < 1.29 is 0 Å². The van der Waals surface area contributed by atoms with Gasteiger partial charge in [0.15, 0.2) is 0 Å². The molecule has 4 heteroatoms. The first-order chi connectivity index (χ1) is 6.24. The Hall–Kier alpha value is -0.0900.